The molecule has 0 unspecified atom stereocenters. The second-order valence-corrected chi connectivity index (χ2v) is 3.93. The second kappa shape index (κ2) is 4.30. The van der Waals surface area contributed by atoms with Gasteiger partial charge in [0.05, 0.1) is 12.8 Å². The van der Waals surface area contributed by atoms with Gasteiger partial charge in [-0.25, -0.2) is 0 Å². The van der Waals surface area contributed by atoms with Crippen LogP contribution in [0.1, 0.15) is 22.6 Å². The van der Waals surface area contributed by atoms with Crippen LogP contribution in [-0.2, 0) is 6.54 Å². The van der Waals surface area contributed by atoms with Crippen LogP contribution >= 0.6 is 0 Å². The fraction of sp³-hybridized carbons (Fsp3) is 0.231. The average Bonchev–Trinajstić information content (AvgIpc) is 2.77. The van der Waals surface area contributed by atoms with E-state index in [0.29, 0.717) is 17.9 Å². The second-order valence-electron chi connectivity index (χ2n) is 3.93. The summed E-state index contributed by atoms with van der Waals surface area (Å²) in [6, 6.07) is 7.36. The van der Waals surface area contributed by atoms with Crippen molar-refractivity contribution in [1.29, 1.82) is 5.26 Å². The number of aryl methyl sites for hydroxylation is 2. The van der Waals surface area contributed by atoms with Gasteiger partial charge in [0.15, 0.2) is 0 Å². The van der Waals surface area contributed by atoms with E-state index in [1.165, 1.54) is 0 Å². The Labute approximate surface area is 98.7 Å². The number of aromatic nitrogens is 1. The molecule has 0 saturated heterocycles. The van der Waals surface area contributed by atoms with E-state index in [1.54, 1.807) is 29.9 Å². The molecule has 0 aliphatic heterocycles. The van der Waals surface area contributed by atoms with Gasteiger partial charge < -0.3 is 8.98 Å². The number of hydrogen-bond donors (Lipinski definition) is 0. The first-order valence-electron chi connectivity index (χ1n) is 5.27. The minimum Gasteiger partial charge on any atom is -0.467 e. The molecule has 2 aromatic heterocycles. The molecule has 0 fully saturated rings. The third-order valence-electron chi connectivity index (χ3n) is 2.71. The zero-order valence-corrected chi connectivity index (χ0v) is 9.73. The van der Waals surface area contributed by atoms with Gasteiger partial charge in [0.1, 0.15) is 17.4 Å². The predicted molar refractivity (Wildman–Crippen MR) is 62.7 cm³/mol. The van der Waals surface area contributed by atoms with E-state index in [1.807, 2.05) is 19.1 Å². The molecule has 0 aromatic carbocycles. The van der Waals surface area contributed by atoms with Crippen molar-refractivity contribution in [2.24, 2.45) is 0 Å². The van der Waals surface area contributed by atoms with Crippen LogP contribution in [-0.4, -0.2) is 4.57 Å². The first-order valence-corrected chi connectivity index (χ1v) is 5.27. The van der Waals surface area contributed by atoms with E-state index in [4.69, 9.17) is 9.68 Å². The molecule has 0 atom stereocenters. The fourth-order valence-electron chi connectivity index (χ4n) is 1.82. The summed E-state index contributed by atoms with van der Waals surface area (Å²) in [4.78, 5) is 12.1. The molecule has 0 aliphatic carbocycles. The predicted octanol–water partition coefficient (Wildman–Crippen LogP) is 1.98. The molecule has 0 bridgehead atoms. The number of nitrogens with zero attached hydrogens (tertiary/aromatic N) is 2. The van der Waals surface area contributed by atoms with Crippen molar-refractivity contribution in [3.05, 3.63) is 57.4 Å². The number of pyridine rings is 1. The Morgan fingerprint density at radius 3 is 2.82 bits per heavy atom. The summed E-state index contributed by atoms with van der Waals surface area (Å²) in [6.07, 6.45) is 1.56. The molecule has 2 heterocycles. The minimum absolute atomic E-state index is 0.196. The van der Waals surface area contributed by atoms with Gasteiger partial charge in [-0.15, -0.1) is 0 Å². The third kappa shape index (κ3) is 2.00. The van der Waals surface area contributed by atoms with E-state index in [0.717, 1.165) is 5.69 Å². The van der Waals surface area contributed by atoms with Gasteiger partial charge in [0, 0.05) is 5.69 Å². The lowest BCUT2D eigenvalue weighted by Crippen LogP contribution is -2.26. The van der Waals surface area contributed by atoms with Crippen LogP contribution in [0.4, 0.5) is 0 Å². The number of furan rings is 1. The van der Waals surface area contributed by atoms with Gasteiger partial charge in [0.25, 0.3) is 5.56 Å². The van der Waals surface area contributed by atoms with Crippen LogP contribution < -0.4 is 5.56 Å². The highest BCUT2D eigenvalue weighted by molar-refractivity contribution is 5.36. The zero-order valence-electron chi connectivity index (χ0n) is 9.73. The Morgan fingerprint density at radius 2 is 2.24 bits per heavy atom. The Balaban J connectivity index is 2.55. The summed E-state index contributed by atoms with van der Waals surface area (Å²) < 4.78 is 6.75. The van der Waals surface area contributed by atoms with Gasteiger partial charge in [-0.1, -0.05) is 0 Å². The molecule has 17 heavy (non-hydrogen) atoms. The van der Waals surface area contributed by atoms with Gasteiger partial charge in [-0.2, -0.15) is 5.26 Å². The average molecular weight is 228 g/mol. The highest BCUT2D eigenvalue weighted by Crippen LogP contribution is 2.08. The molecule has 0 amide bonds. The Hall–Kier alpha value is -2.28. The molecule has 4 nitrogen and oxygen atoms in total. The van der Waals surface area contributed by atoms with Gasteiger partial charge in [0.2, 0.25) is 0 Å². The maximum atomic E-state index is 12.1. The van der Waals surface area contributed by atoms with Crippen LogP contribution in [0, 0.1) is 25.2 Å². The Morgan fingerprint density at radius 1 is 1.47 bits per heavy atom. The quantitative estimate of drug-likeness (QED) is 0.789. The highest BCUT2D eigenvalue weighted by atomic mass is 16.3. The van der Waals surface area contributed by atoms with Crippen molar-refractivity contribution in [2.45, 2.75) is 20.4 Å². The topological polar surface area (TPSA) is 58.9 Å². The van der Waals surface area contributed by atoms with E-state index in [9.17, 15) is 4.79 Å². The maximum Gasteiger partial charge on any atom is 0.269 e. The van der Waals surface area contributed by atoms with Crippen LogP contribution in [0.5, 0.6) is 0 Å². The number of hydrogen-bond acceptors (Lipinski definition) is 3. The lowest BCUT2D eigenvalue weighted by Gasteiger charge is -2.10. The van der Waals surface area contributed by atoms with E-state index in [-0.39, 0.29) is 11.1 Å². The zero-order chi connectivity index (χ0) is 12.4. The molecule has 0 aliphatic rings. The molecule has 0 saturated carbocycles. The standard InChI is InChI=1S/C13H12N2O2/c1-9-6-10(2)15(13(16)12(9)7-14)8-11-4-3-5-17-11/h3-6H,8H2,1-2H3. The van der Waals surface area contributed by atoms with E-state index < -0.39 is 0 Å². The summed E-state index contributed by atoms with van der Waals surface area (Å²) in [5.74, 6) is 0.697. The molecule has 2 rings (SSSR count). The van der Waals surface area contributed by atoms with Crippen molar-refractivity contribution in [2.75, 3.05) is 0 Å². The van der Waals surface area contributed by atoms with Crippen LogP contribution in [0.2, 0.25) is 0 Å². The van der Waals surface area contributed by atoms with Gasteiger partial charge in [-0.05, 0) is 37.6 Å². The van der Waals surface area contributed by atoms with Crippen LogP contribution in [0.3, 0.4) is 0 Å². The van der Waals surface area contributed by atoms with E-state index in [2.05, 4.69) is 0 Å². The van der Waals surface area contributed by atoms with Crippen molar-refractivity contribution >= 4 is 0 Å². The monoisotopic (exact) mass is 228 g/mol. The lowest BCUT2D eigenvalue weighted by atomic mass is 10.1. The highest BCUT2D eigenvalue weighted by Gasteiger charge is 2.10. The fourth-order valence-corrected chi connectivity index (χ4v) is 1.82. The largest absolute Gasteiger partial charge is 0.467 e. The van der Waals surface area contributed by atoms with E-state index >= 15 is 0 Å². The van der Waals surface area contributed by atoms with Gasteiger partial charge >= 0.3 is 0 Å². The first kappa shape index (κ1) is 11.2. The summed E-state index contributed by atoms with van der Waals surface area (Å²) in [5, 5.41) is 8.95. The molecule has 86 valence electrons. The van der Waals surface area contributed by atoms with Crippen molar-refractivity contribution in [3.63, 3.8) is 0 Å². The number of nitriles is 1. The smallest absolute Gasteiger partial charge is 0.269 e. The van der Waals surface area contributed by atoms with Gasteiger partial charge in [-0.3, -0.25) is 4.79 Å². The molecular formula is C13H12N2O2. The minimum atomic E-state index is -0.263. The molecule has 4 heteroatoms. The molecular weight excluding hydrogens is 216 g/mol. The van der Waals surface area contributed by atoms with Crippen LogP contribution in [0.15, 0.2) is 33.7 Å². The summed E-state index contributed by atoms with van der Waals surface area (Å²) in [7, 11) is 0. The molecule has 0 spiro atoms. The number of rotatable bonds is 2. The van der Waals surface area contributed by atoms with Crippen molar-refractivity contribution in [3.8, 4) is 6.07 Å². The van der Waals surface area contributed by atoms with Crippen LogP contribution in [0.25, 0.3) is 0 Å². The summed E-state index contributed by atoms with van der Waals surface area (Å²) in [5.41, 5.74) is 1.47. The molecule has 0 radical (unpaired) electrons. The first-order chi connectivity index (χ1) is 8.13. The normalized spacial score (nSPS) is 10.2. The Bertz CT molecular complexity index is 631. The third-order valence-corrected chi connectivity index (χ3v) is 2.71. The SMILES string of the molecule is Cc1cc(C)n(Cc2ccco2)c(=O)c1C#N. The van der Waals surface area contributed by atoms with Crippen molar-refractivity contribution in [1.82, 2.24) is 4.57 Å². The molecule has 0 N–H and O–H groups in total. The van der Waals surface area contributed by atoms with Crippen molar-refractivity contribution < 1.29 is 4.42 Å². The summed E-state index contributed by atoms with van der Waals surface area (Å²) >= 11 is 0. The summed E-state index contributed by atoms with van der Waals surface area (Å²) in [6.45, 7) is 3.97. The Kier molecular flexibility index (Phi) is 2.84. The molecule has 2 aromatic rings. The lowest BCUT2D eigenvalue weighted by molar-refractivity contribution is 0.486. The maximum absolute atomic E-state index is 12.1.